The van der Waals surface area contributed by atoms with E-state index >= 15 is 0 Å². The third-order valence-electron chi connectivity index (χ3n) is 3.19. The lowest BCUT2D eigenvalue weighted by Gasteiger charge is -2.11. The number of hydrogen-bond acceptors (Lipinski definition) is 4. The zero-order valence-corrected chi connectivity index (χ0v) is 11.2. The number of amides is 1. The Morgan fingerprint density at radius 1 is 1.10 bits per heavy atom. The molecular formula is C16H14N4O. The van der Waals surface area contributed by atoms with Gasteiger partial charge in [0.25, 0.3) is 5.91 Å². The molecule has 5 N–H and O–H groups in total. The predicted molar refractivity (Wildman–Crippen MR) is 84.4 cm³/mol. The highest BCUT2D eigenvalue weighted by molar-refractivity contribution is 6.00. The molecule has 0 bridgehead atoms. The van der Waals surface area contributed by atoms with Crippen molar-refractivity contribution in [3.63, 3.8) is 0 Å². The first-order chi connectivity index (χ1) is 10.1. The molecule has 3 aromatic rings. The van der Waals surface area contributed by atoms with Crippen LogP contribution >= 0.6 is 0 Å². The molecule has 0 radical (unpaired) electrons. The first kappa shape index (κ1) is 12.9. The van der Waals surface area contributed by atoms with Crippen LogP contribution in [0.5, 0.6) is 0 Å². The summed E-state index contributed by atoms with van der Waals surface area (Å²) in [4.78, 5) is 15.7. The van der Waals surface area contributed by atoms with Crippen LogP contribution in [0.4, 0.5) is 17.1 Å². The topological polar surface area (TPSA) is 94.0 Å². The minimum absolute atomic E-state index is 0.399. The number of nitrogen functional groups attached to an aromatic ring is 1. The summed E-state index contributed by atoms with van der Waals surface area (Å²) < 4.78 is 0. The molecule has 0 saturated heterocycles. The molecule has 1 amide bonds. The Kier molecular flexibility index (Phi) is 3.16. The van der Waals surface area contributed by atoms with E-state index in [9.17, 15) is 4.79 Å². The summed E-state index contributed by atoms with van der Waals surface area (Å²) in [6.45, 7) is 0. The predicted octanol–water partition coefficient (Wildman–Crippen LogP) is 2.66. The molecule has 3 rings (SSSR count). The first-order valence-electron chi connectivity index (χ1n) is 6.44. The van der Waals surface area contributed by atoms with Gasteiger partial charge in [0.05, 0.1) is 16.8 Å². The van der Waals surface area contributed by atoms with Gasteiger partial charge in [-0.2, -0.15) is 0 Å². The molecule has 5 nitrogen and oxygen atoms in total. The maximum atomic E-state index is 11.5. The summed E-state index contributed by atoms with van der Waals surface area (Å²) in [5.41, 5.74) is 14.4. The fourth-order valence-electron chi connectivity index (χ4n) is 2.19. The second-order valence-corrected chi connectivity index (χ2v) is 4.71. The fraction of sp³-hybridized carbons (Fsp3) is 0. The van der Waals surface area contributed by atoms with E-state index in [2.05, 4.69) is 10.3 Å². The lowest BCUT2D eigenvalue weighted by Crippen LogP contribution is -2.13. The average molecular weight is 278 g/mol. The zero-order valence-electron chi connectivity index (χ0n) is 11.2. The Balaban J connectivity index is 2.02. The van der Waals surface area contributed by atoms with E-state index in [-0.39, 0.29) is 0 Å². The Morgan fingerprint density at radius 2 is 1.95 bits per heavy atom. The molecule has 2 aromatic carbocycles. The first-order valence-corrected chi connectivity index (χ1v) is 6.44. The standard InChI is InChI=1S/C16H14N4O/c17-11-3-5-13(16(18)21)15(9-11)20-12-4-6-14-10(8-12)2-1-7-19-14/h1-9,20H,17H2,(H2,18,21). The van der Waals surface area contributed by atoms with Gasteiger partial charge in [0.15, 0.2) is 0 Å². The van der Waals surface area contributed by atoms with Crippen LogP contribution in [0.25, 0.3) is 10.9 Å². The zero-order chi connectivity index (χ0) is 14.8. The monoisotopic (exact) mass is 278 g/mol. The highest BCUT2D eigenvalue weighted by atomic mass is 16.1. The van der Waals surface area contributed by atoms with Crippen LogP contribution < -0.4 is 16.8 Å². The summed E-state index contributed by atoms with van der Waals surface area (Å²) in [6, 6.07) is 14.6. The number of nitrogens with zero attached hydrogens (tertiary/aromatic N) is 1. The molecular weight excluding hydrogens is 264 g/mol. The number of nitrogens with two attached hydrogens (primary N) is 2. The molecule has 21 heavy (non-hydrogen) atoms. The van der Waals surface area contributed by atoms with Gasteiger partial charge >= 0.3 is 0 Å². The molecule has 0 spiro atoms. The number of nitrogens with one attached hydrogen (secondary N) is 1. The van der Waals surface area contributed by atoms with Gasteiger partial charge in [0.1, 0.15) is 0 Å². The van der Waals surface area contributed by atoms with Crippen molar-refractivity contribution in [2.75, 3.05) is 11.1 Å². The Bertz CT molecular complexity index is 829. The fourth-order valence-corrected chi connectivity index (χ4v) is 2.19. The second kappa shape index (κ2) is 5.13. The minimum Gasteiger partial charge on any atom is -0.399 e. The number of fused-ring (bicyclic) bond motifs is 1. The number of hydrogen-bond donors (Lipinski definition) is 3. The number of benzene rings is 2. The number of primary amides is 1. The van der Waals surface area contributed by atoms with Crippen molar-refractivity contribution in [3.05, 3.63) is 60.3 Å². The number of anilines is 3. The number of carbonyl (C=O) groups excluding carboxylic acids is 1. The van der Waals surface area contributed by atoms with E-state index in [1.807, 2.05) is 30.3 Å². The highest BCUT2D eigenvalue weighted by Crippen LogP contribution is 2.25. The van der Waals surface area contributed by atoms with Gasteiger partial charge in [-0.3, -0.25) is 9.78 Å². The highest BCUT2D eigenvalue weighted by Gasteiger charge is 2.09. The van der Waals surface area contributed by atoms with Crippen LogP contribution in [-0.4, -0.2) is 10.9 Å². The van der Waals surface area contributed by atoms with Gasteiger partial charge in [0, 0.05) is 23.0 Å². The van der Waals surface area contributed by atoms with Crippen molar-refractivity contribution in [2.24, 2.45) is 5.73 Å². The third kappa shape index (κ3) is 2.62. The van der Waals surface area contributed by atoms with Crippen molar-refractivity contribution in [1.82, 2.24) is 4.98 Å². The van der Waals surface area contributed by atoms with Crippen molar-refractivity contribution in [2.45, 2.75) is 0 Å². The molecule has 104 valence electrons. The molecule has 1 heterocycles. The maximum absolute atomic E-state index is 11.5. The van der Waals surface area contributed by atoms with E-state index in [1.54, 1.807) is 24.4 Å². The van der Waals surface area contributed by atoms with Crippen molar-refractivity contribution < 1.29 is 4.79 Å². The van der Waals surface area contributed by atoms with E-state index in [0.29, 0.717) is 16.9 Å². The lowest BCUT2D eigenvalue weighted by molar-refractivity contribution is 0.100. The van der Waals surface area contributed by atoms with Crippen LogP contribution in [0.15, 0.2) is 54.7 Å². The molecule has 0 aliphatic rings. The summed E-state index contributed by atoms with van der Waals surface area (Å²) in [6.07, 6.45) is 1.75. The van der Waals surface area contributed by atoms with E-state index in [1.165, 1.54) is 0 Å². The molecule has 0 fully saturated rings. The van der Waals surface area contributed by atoms with E-state index in [4.69, 9.17) is 11.5 Å². The largest absolute Gasteiger partial charge is 0.399 e. The average Bonchev–Trinajstić information content (AvgIpc) is 2.47. The molecule has 0 unspecified atom stereocenters. The van der Waals surface area contributed by atoms with Crippen LogP contribution in [0.3, 0.4) is 0 Å². The van der Waals surface area contributed by atoms with Gasteiger partial charge in [-0.25, -0.2) is 0 Å². The van der Waals surface area contributed by atoms with Gasteiger partial charge in [-0.1, -0.05) is 6.07 Å². The van der Waals surface area contributed by atoms with Gasteiger partial charge in [-0.05, 0) is 42.5 Å². The Morgan fingerprint density at radius 3 is 2.76 bits per heavy atom. The molecule has 1 aromatic heterocycles. The van der Waals surface area contributed by atoms with Gasteiger partial charge in [-0.15, -0.1) is 0 Å². The smallest absolute Gasteiger partial charge is 0.250 e. The summed E-state index contributed by atoms with van der Waals surface area (Å²) in [7, 11) is 0. The molecule has 0 aliphatic carbocycles. The molecule has 0 saturated carbocycles. The Labute approximate surface area is 121 Å². The van der Waals surface area contributed by atoms with Crippen LogP contribution in [0.1, 0.15) is 10.4 Å². The summed E-state index contributed by atoms with van der Waals surface area (Å²) in [5, 5.41) is 4.18. The van der Waals surface area contributed by atoms with E-state index in [0.717, 1.165) is 16.6 Å². The number of aromatic nitrogens is 1. The maximum Gasteiger partial charge on any atom is 0.250 e. The minimum atomic E-state index is -0.500. The summed E-state index contributed by atoms with van der Waals surface area (Å²) in [5.74, 6) is -0.500. The molecule has 0 aliphatic heterocycles. The Hall–Kier alpha value is -3.08. The quantitative estimate of drug-likeness (QED) is 0.642. The van der Waals surface area contributed by atoms with Gasteiger partial charge < -0.3 is 16.8 Å². The lowest BCUT2D eigenvalue weighted by atomic mass is 10.1. The summed E-state index contributed by atoms with van der Waals surface area (Å²) >= 11 is 0. The molecule has 5 heteroatoms. The van der Waals surface area contributed by atoms with Gasteiger partial charge in [0.2, 0.25) is 0 Å². The van der Waals surface area contributed by atoms with Crippen molar-refractivity contribution in [1.29, 1.82) is 0 Å². The number of rotatable bonds is 3. The second-order valence-electron chi connectivity index (χ2n) is 4.71. The van der Waals surface area contributed by atoms with Crippen molar-refractivity contribution in [3.8, 4) is 0 Å². The number of carbonyl (C=O) groups is 1. The van der Waals surface area contributed by atoms with Crippen molar-refractivity contribution >= 4 is 33.9 Å². The van der Waals surface area contributed by atoms with Crippen LogP contribution in [-0.2, 0) is 0 Å². The number of pyridine rings is 1. The third-order valence-corrected chi connectivity index (χ3v) is 3.19. The molecule has 0 atom stereocenters. The normalized spacial score (nSPS) is 10.5. The SMILES string of the molecule is NC(=O)c1ccc(N)cc1Nc1ccc2ncccc2c1. The van der Waals surface area contributed by atoms with E-state index < -0.39 is 5.91 Å². The van der Waals surface area contributed by atoms with Crippen LogP contribution in [0.2, 0.25) is 0 Å². The van der Waals surface area contributed by atoms with Crippen LogP contribution in [0, 0.1) is 0 Å².